The first-order valence-electron chi connectivity index (χ1n) is 9.47. The van der Waals surface area contributed by atoms with Crippen molar-refractivity contribution in [2.45, 2.75) is 6.73 Å². The second-order valence-electron chi connectivity index (χ2n) is 6.54. The van der Waals surface area contributed by atoms with Gasteiger partial charge in [-0.3, -0.25) is 19.9 Å². The van der Waals surface area contributed by atoms with Crippen molar-refractivity contribution in [2.75, 3.05) is 5.32 Å². The highest BCUT2D eigenvalue weighted by Crippen LogP contribution is 2.29. The quantitative estimate of drug-likeness (QED) is 0.327. The first-order chi connectivity index (χ1) is 15.6. The van der Waals surface area contributed by atoms with Crippen molar-refractivity contribution < 1.29 is 19.2 Å². The molecule has 0 unspecified atom stereocenters. The lowest BCUT2D eigenvalue weighted by Gasteiger charge is -2.09. The molecule has 2 aromatic carbocycles. The monoisotopic (exact) mass is 431 g/mol. The second-order valence-corrected chi connectivity index (χ2v) is 6.54. The molecule has 0 saturated carbocycles. The Morgan fingerprint density at radius 2 is 1.84 bits per heavy atom. The summed E-state index contributed by atoms with van der Waals surface area (Å²) in [6.45, 7) is 0.122. The number of amides is 1. The zero-order chi connectivity index (χ0) is 22.3. The smallest absolute Gasteiger partial charge is 0.276 e. The average Bonchev–Trinajstić information content (AvgIpc) is 3.28. The highest BCUT2D eigenvalue weighted by Gasteiger charge is 2.15. The number of aromatic nitrogens is 3. The summed E-state index contributed by atoms with van der Waals surface area (Å²) in [5.74, 6) is 0.731. The van der Waals surface area contributed by atoms with Gasteiger partial charge in [0.15, 0.2) is 12.4 Å². The topological polar surface area (TPSA) is 121 Å². The number of hydrogen-bond acceptors (Lipinski definition) is 7. The fourth-order valence-corrected chi connectivity index (χ4v) is 2.77. The van der Waals surface area contributed by atoms with Crippen molar-refractivity contribution in [1.82, 2.24) is 14.8 Å². The number of anilines is 1. The Hall–Kier alpha value is -4.73. The van der Waals surface area contributed by atoms with Gasteiger partial charge in [0.1, 0.15) is 17.2 Å². The van der Waals surface area contributed by atoms with Crippen molar-refractivity contribution in [2.24, 2.45) is 0 Å². The van der Waals surface area contributed by atoms with E-state index < -0.39 is 10.8 Å². The average molecular weight is 431 g/mol. The number of rotatable bonds is 8. The molecule has 0 aliphatic heterocycles. The van der Waals surface area contributed by atoms with Crippen molar-refractivity contribution in [1.29, 1.82) is 0 Å². The van der Waals surface area contributed by atoms with Crippen LogP contribution in [0.2, 0.25) is 0 Å². The molecule has 0 fully saturated rings. The van der Waals surface area contributed by atoms with E-state index in [0.717, 1.165) is 0 Å². The summed E-state index contributed by atoms with van der Waals surface area (Å²) in [4.78, 5) is 27.3. The van der Waals surface area contributed by atoms with Crippen LogP contribution in [0.15, 0.2) is 85.3 Å². The third-order valence-corrected chi connectivity index (χ3v) is 4.21. The molecule has 0 aliphatic carbocycles. The number of hydrogen-bond donors (Lipinski definition) is 1. The van der Waals surface area contributed by atoms with Gasteiger partial charge in [-0.2, -0.15) is 5.10 Å². The van der Waals surface area contributed by atoms with Crippen LogP contribution >= 0.6 is 0 Å². The molecule has 1 amide bonds. The number of nitrogens with one attached hydrogen (secondary N) is 1. The lowest BCUT2D eigenvalue weighted by molar-refractivity contribution is -0.384. The van der Waals surface area contributed by atoms with E-state index in [0.29, 0.717) is 11.5 Å². The lowest BCUT2D eigenvalue weighted by atomic mass is 10.2. The van der Waals surface area contributed by atoms with Gasteiger partial charge >= 0.3 is 0 Å². The molecule has 0 radical (unpaired) electrons. The number of ether oxygens (including phenoxy) is 2. The van der Waals surface area contributed by atoms with E-state index in [-0.39, 0.29) is 29.5 Å². The van der Waals surface area contributed by atoms with Gasteiger partial charge in [0.05, 0.1) is 22.9 Å². The maximum atomic E-state index is 12.6. The number of para-hydroxylation sites is 1. The van der Waals surface area contributed by atoms with Crippen LogP contribution in [0, 0.1) is 10.1 Å². The molecular weight excluding hydrogens is 414 g/mol. The molecule has 32 heavy (non-hydrogen) atoms. The van der Waals surface area contributed by atoms with Gasteiger partial charge in [0, 0.05) is 24.5 Å². The fourth-order valence-electron chi connectivity index (χ4n) is 2.77. The van der Waals surface area contributed by atoms with Gasteiger partial charge in [0.2, 0.25) is 0 Å². The first kappa shape index (κ1) is 20.5. The van der Waals surface area contributed by atoms with E-state index >= 15 is 0 Å². The predicted octanol–water partition coefficient (Wildman–Crippen LogP) is 4.27. The lowest BCUT2D eigenvalue weighted by Crippen LogP contribution is -2.14. The molecular formula is C22H17N5O5. The highest BCUT2D eigenvalue weighted by molar-refractivity contribution is 6.03. The van der Waals surface area contributed by atoms with E-state index in [9.17, 15) is 14.9 Å². The molecule has 4 aromatic rings. The van der Waals surface area contributed by atoms with Crippen LogP contribution in [-0.2, 0) is 6.73 Å². The molecule has 0 atom stereocenters. The Kier molecular flexibility index (Phi) is 6.03. The van der Waals surface area contributed by atoms with Gasteiger partial charge in [0.25, 0.3) is 11.6 Å². The summed E-state index contributed by atoms with van der Waals surface area (Å²) in [5.41, 5.74) is 0.0875. The largest absolute Gasteiger partial charge is 0.471 e. The molecule has 10 heteroatoms. The molecule has 0 bridgehead atoms. The van der Waals surface area contributed by atoms with Gasteiger partial charge < -0.3 is 14.8 Å². The predicted molar refractivity (Wildman–Crippen MR) is 115 cm³/mol. The van der Waals surface area contributed by atoms with Gasteiger partial charge in [-0.05, 0) is 30.3 Å². The maximum Gasteiger partial charge on any atom is 0.276 e. The normalized spacial score (nSPS) is 10.4. The van der Waals surface area contributed by atoms with Crippen LogP contribution in [0.25, 0.3) is 0 Å². The van der Waals surface area contributed by atoms with Crippen LogP contribution in [0.1, 0.15) is 10.5 Å². The van der Waals surface area contributed by atoms with Crippen molar-refractivity contribution >= 4 is 17.3 Å². The summed E-state index contributed by atoms with van der Waals surface area (Å²) in [6.07, 6.45) is 4.65. The van der Waals surface area contributed by atoms with E-state index in [1.807, 2.05) is 30.3 Å². The van der Waals surface area contributed by atoms with Crippen molar-refractivity contribution in [3.8, 4) is 17.2 Å². The third kappa shape index (κ3) is 5.25. The molecule has 0 spiro atoms. The Morgan fingerprint density at radius 3 is 2.59 bits per heavy atom. The van der Waals surface area contributed by atoms with Crippen LogP contribution < -0.4 is 14.8 Å². The Labute approximate surface area is 182 Å². The number of carbonyl (C=O) groups is 1. The first-order valence-corrected chi connectivity index (χ1v) is 9.47. The summed E-state index contributed by atoms with van der Waals surface area (Å²) < 4.78 is 12.7. The van der Waals surface area contributed by atoms with Crippen LogP contribution in [-0.4, -0.2) is 25.6 Å². The van der Waals surface area contributed by atoms with Crippen LogP contribution in [0.3, 0.4) is 0 Å². The molecule has 0 aliphatic rings. The van der Waals surface area contributed by atoms with Crippen LogP contribution in [0.4, 0.5) is 11.4 Å². The van der Waals surface area contributed by atoms with Gasteiger partial charge in [-0.15, -0.1) is 0 Å². The number of nitro benzene ring substituents is 1. The van der Waals surface area contributed by atoms with Gasteiger partial charge in [-0.1, -0.05) is 18.2 Å². The van der Waals surface area contributed by atoms with Crippen LogP contribution in [0.5, 0.6) is 17.2 Å². The number of nitrogens with zero attached hydrogens (tertiary/aromatic N) is 4. The summed E-state index contributed by atoms with van der Waals surface area (Å²) >= 11 is 0. The standard InChI is InChI=1S/C22H17N5O5/c28-22(21-8-10-26(25-21)15-31-18-5-2-1-3-6-18)24-16-11-17(27(29)30)13-20(12-16)32-19-7-4-9-23-14-19/h1-14H,15H2,(H,24,28). The molecule has 4 rings (SSSR count). The van der Waals surface area contributed by atoms with E-state index in [2.05, 4.69) is 15.4 Å². The summed E-state index contributed by atoms with van der Waals surface area (Å²) in [7, 11) is 0. The van der Waals surface area contributed by atoms with E-state index in [1.54, 1.807) is 24.5 Å². The summed E-state index contributed by atoms with van der Waals surface area (Å²) in [6, 6.07) is 18.0. The van der Waals surface area contributed by atoms with Crippen molar-refractivity contribution in [3.63, 3.8) is 0 Å². The SMILES string of the molecule is O=C(Nc1cc(Oc2cccnc2)cc([N+](=O)[O-])c1)c1ccn(COc2ccccc2)n1. The molecule has 10 nitrogen and oxygen atoms in total. The zero-order valence-corrected chi connectivity index (χ0v) is 16.6. The Bertz CT molecular complexity index is 1230. The Morgan fingerprint density at radius 1 is 1.03 bits per heavy atom. The maximum absolute atomic E-state index is 12.6. The number of non-ortho nitro benzene ring substituents is 1. The van der Waals surface area contributed by atoms with Gasteiger partial charge in [-0.25, -0.2) is 4.68 Å². The third-order valence-electron chi connectivity index (χ3n) is 4.21. The number of pyridine rings is 1. The number of carbonyl (C=O) groups excluding carboxylic acids is 1. The fraction of sp³-hybridized carbons (Fsp3) is 0.0455. The molecule has 2 heterocycles. The Balaban J connectivity index is 1.46. The number of nitro groups is 1. The minimum atomic E-state index is -0.568. The zero-order valence-electron chi connectivity index (χ0n) is 16.6. The molecule has 160 valence electrons. The van der Waals surface area contributed by atoms with Crippen molar-refractivity contribution in [3.05, 3.63) is 101 Å². The summed E-state index contributed by atoms with van der Waals surface area (Å²) in [5, 5.41) is 18.1. The molecule has 2 aromatic heterocycles. The second kappa shape index (κ2) is 9.39. The minimum Gasteiger partial charge on any atom is -0.471 e. The minimum absolute atomic E-state index is 0.122. The highest BCUT2D eigenvalue weighted by atomic mass is 16.6. The number of benzene rings is 2. The molecule has 0 saturated heterocycles. The molecule has 1 N–H and O–H groups in total. The van der Waals surface area contributed by atoms with E-state index in [1.165, 1.54) is 35.1 Å². The van der Waals surface area contributed by atoms with E-state index in [4.69, 9.17) is 9.47 Å².